The van der Waals surface area contributed by atoms with E-state index in [0.717, 1.165) is 5.56 Å². The Balaban J connectivity index is 0.00000162. The highest BCUT2D eigenvalue weighted by molar-refractivity contribution is 5.85. The lowest BCUT2D eigenvalue weighted by Crippen LogP contribution is -2.41. The van der Waals surface area contributed by atoms with Gasteiger partial charge in [0.05, 0.1) is 6.04 Å². The van der Waals surface area contributed by atoms with Gasteiger partial charge in [-0.15, -0.1) is 12.4 Å². The molecule has 0 spiro atoms. The van der Waals surface area contributed by atoms with E-state index in [1.165, 1.54) is 0 Å². The van der Waals surface area contributed by atoms with E-state index in [4.69, 9.17) is 4.74 Å². The Hall–Kier alpha value is -1.33. The van der Waals surface area contributed by atoms with Crippen molar-refractivity contribution in [3.05, 3.63) is 35.9 Å². The van der Waals surface area contributed by atoms with E-state index in [9.17, 15) is 9.18 Å². The number of rotatable bonds is 3. The molecule has 4 nitrogen and oxygen atoms in total. The largest absolute Gasteiger partial charge is 0.445 e. The molecule has 0 radical (unpaired) electrons. The molecule has 18 heavy (non-hydrogen) atoms. The summed E-state index contributed by atoms with van der Waals surface area (Å²) in [6.45, 7) is 0.926. The van der Waals surface area contributed by atoms with Crippen LogP contribution in [0, 0.1) is 0 Å². The third-order valence-corrected chi connectivity index (χ3v) is 2.66. The van der Waals surface area contributed by atoms with E-state index in [2.05, 4.69) is 10.6 Å². The van der Waals surface area contributed by atoms with Gasteiger partial charge in [0.1, 0.15) is 12.8 Å². The maximum Gasteiger partial charge on any atom is 0.407 e. The third kappa shape index (κ3) is 4.16. The number of ether oxygens (including phenoxy) is 1. The molecule has 1 aliphatic heterocycles. The second kappa shape index (κ2) is 7.18. The van der Waals surface area contributed by atoms with Crippen molar-refractivity contribution in [2.45, 2.75) is 18.8 Å². The summed E-state index contributed by atoms with van der Waals surface area (Å²) in [5.74, 6) is 0. The Bertz CT molecular complexity index is 378. The Morgan fingerprint density at radius 3 is 2.72 bits per heavy atom. The molecule has 1 saturated heterocycles. The fraction of sp³-hybridized carbons (Fsp3) is 0.417. The lowest BCUT2D eigenvalue weighted by molar-refractivity contribution is 0.132. The summed E-state index contributed by atoms with van der Waals surface area (Å²) < 4.78 is 18.2. The highest BCUT2D eigenvalue weighted by atomic mass is 35.5. The van der Waals surface area contributed by atoms with Crippen LogP contribution in [0.2, 0.25) is 0 Å². The molecule has 0 unspecified atom stereocenters. The second-order valence-corrected chi connectivity index (χ2v) is 3.99. The van der Waals surface area contributed by atoms with Crippen molar-refractivity contribution in [2.24, 2.45) is 0 Å². The van der Waals surface area contributed by atoms with Gasteiger partial charge in [-0.05, 0) is 5.56 Å². The van der Waals surface area contributed by atoms with Crippen LogP contribution in [0.15, 0.2) is 30.3 Å². The third-order valence-electron chi connectivity index (χ3n) is 2.66. The standard InChI is InChI=1S/C12H15FN2O2.ClH/c13-10-6-14-7-11(10)15-12(16)17-8-9-4-2-1-3-5-9;/h1-5,10-11,14H,6-8H2,(H,15,16);1H/t10-,11+;/m0./s1. The van der Waals surface area contributed by atoms with Gasteiger partial charge in [0.25, 0.3) is 0 Å². The summed E-state index contributed by atoms with van der Waals surface area (Å²) in [5, 5.41) is 5.36. The Morgan fingerprint density at radius 2 is 2.11 bits per heavy atom. The average molecular weight is 275 g/mol. The summed E-state index contributed by atoms with van der Waals surface area (Å²) in [7, 11) is 0. The van der Waals surface area contributed by atoms with Gasteiger partial charge in [-0.1, -0.05) is 30.3 Å². The first kappa shape index (κ1) is 14.7. The lowest BCUT2D eigenvalue weighted by atomic mass is 10.2. The smallest absolute Gasteiger partial charge is 0.407 e. The van der Waals surface area contributed by atoms with Crippen LogP contribution in [-0.4, -0.2) is 31.4 Å². The number of amides is 1. The zero-order valence-electron chi connectivity index (χ0n) is 9.77. The number of nitrogens with one attached hydrogen (secondary N) is 2. The number of carbonyl (C=O) groups is 1. The van der Waals surface area contributed by atoms with Crippen LogP contribution in [0.4, 0.5) is 9.18 Å². The van der Waals surface area contributed by atoms with Crippen LogP contribution >= 0.6 is 12.4 Å². The molecule has 2 rings (SSSR count). The fourth-order valence-corrected chi connectivity index (χ4v) is 1.70. The molecular formula is C12H16ClFN2O2. The summed E-state index contributed by atoms with van der Waals surface area (Å²) in [6.07, 6.45) is -1.62. The second-order valence-electron chi connectivity index (χ2n) is 3.99. The molecule has 2 N–H and O–H groups in total. The quantitative estimate of drug-likeness (QED) is 0.881. The molecule has 1 amide bonds. The molecule has 1 aromatic rings. The summed E-state index contributed by atoms with van der Waals surface area (Å²) in [6, 6.07) is 8.87. The first-order chi connectivity index (χ1) is 8.25. The number of alkyl halides is 1. The predicted octanol–water partition coefficient (Wildman–Crippen LogP) is 1.64. The highest BCUT2D eigenvalue weighted by Gasteiger charge is 2.28. The van der Waals surface area contributed by atoms with Crippen molar-refractivity contribution in [1.29, 1.82) is 0 Å². The van der Waals surface area contributed by atoms with Crippen LogP contribution in [0.1, 0.15) is 5.56 Å². The topological polar surface area (TPSA) is 50.4 Å². The van der Waals surface area contributed by atoms with E-state index >= 15 is 0 Å². The van der Waals surface area contributed by atoms with Gasteiger partial charge in [0.15, 0.2) is 0 Å². The molecule has 0 bridgehead atoms. The summed E-state index contributed by atoms with van der Waals surface area (Å²) >= 11 is 0. The first-order valence-electron chi connectivity index (χ1n) is 5.57. The van der Waals surface area contributed by atoms with E-state index in [0.29, 0.717) is 6.54 Å². The zero-order chi connectivity index (χ0) is 12.1. The van der Waals surface area contributed by atoms with Gasteiger partial charge in [-0.25, -0.2) is 9.18 Å². The minimum atomic E-state index is -1.04. The van der Waals surface area contributed by atoms with Crippen LogP contribution in [0.5, 0.6) is 0 Å². The SMILES string of the molecule is Cl.O=C(N[C@@H]1CNC[C@@H]1F)OCc1ccccc1. The molecule has 0 aromatic heterocycles. The van der Waals surface area contributed by atoms with Crippen molar-refractivity contribution in [2.75, 3.05) is 13.1 Å². The molecule has 2 atom stereocenters. The van der Waals surface area contributed by atoms with Gasteiger partial charge in [0.2, 0.25) is 0 Å². The highest BCUT2D eigenvalue weighted by Crippen LogP contribution is 2.05. The van der Waals surface area contributed by atoms with Gasteiger partial charge >= 0.3 is 6.09 Å². The van der Waals surface area contributed by atoms with Crippen molar-refractivity contribution < 1.29 is 13.9 Å². The maximum absolute atomic E-state index is 13.2. The maximum atomic E-state index is 13.2. The minimum Gasteiger partial charge on any atom is -0.445 e. The number of hydrogen-bond donors (Lipinski definition) is 2. The zero-order valence-corrected chi connectivity index (χ0v) is 10.6. The van der Waals surface area contributed by atoms with E-state index in [1.807, 2.05) is 30.3 Å². The van der Waals surface area contributed by atoms with Crippen LogP contribution in [-0.2, 0) is 11.3 Å². The number of carbonyl (C=O) groups excluding carboxylic acids is 1. The van der Waals surface area contributed by atoms with E-state index < -0.39 is 18.3 Å². The van der Waals surface area contributed by atoms with Gasteiger partial charge in [-0.3, -0.25) is 0 Å². The Kier molecular flexibility index (Phi) is 5.88. The van der Waals surface area contributed by atoms with Crippen LogP contribution < -0.4 is 10.6 Å². The minimum absolute atomic E-state index is 0. The number of hydrogen-bond acceptors (Lipinski definition) is 3. The van der Waals surface area contributed by atoms with E-state index in [1.54, 1.807) is 0 Å². The molecule has 1 aliphatic rings. The van der Waals surface area contributed by atoms with Crippen molar-refractivity contribution in [1.82, 2.24) is 10.6 Å². The molecule has 100 valence electrons. The van der Waals surface area contributed by atoms with Crippen LogP contribution in [0.25, 0.3) is 0 Å². The van der Waals surface area contributed by atoms with Crippen molar-refractivity contribution in [3.8, 4) is 0 Å². The van der Waals surface area contributed by atoms with Crippen molar-refractivity contribution in [3.63, 3.8) is 0 Å². The summed E-state index contributed by atoms with van der Waals surface area (Å²) in [4.78, 5) is 11.4. The molecule has 0 saturated carbocycles. The normalized spacial score (nSPS) is 22.1. The van der Waals surface area contributed by atoms with Crippen molar-refractivity contribution >= 4 is 18.5 Å². The number of halogens is 2. The molecule has 6 heteroatoms. The molecule has 1 heterocycles. The van der Waals surface area contributed by atoms with Crippen LogP contribution in [0.3, 0.4) is 0 Å². The first-order valence-corrected chi connectivity index (χ1v) is 5.57. The molecule has 0 aliphatic carbocycles. The van der Waals surface area contributed by atoms with Gasteiger partial charge in [-0.2, -0.15) is 0 Å². The average Bonchev–Trinajstić information content (AvgIpc) is 2.74. The monoisotopic (exact) mass is 274 g/mol. The molecule has 1 aromatic carbocycles. The molecule has 1 fully saturated rings. The number of benzene rings is 1. The fourth-order valence-electron chi connectivity index (χ4n) is 1.70. The summed E-state index contributed by atoms with van der Waals surface area (Å²) in [5.41, 5.74) is 0.906. The Labute approximate surface area is 111 Å². The Morgan fingerprint density at radius 1 is 1.39 bits per heavy atom. The van der Waals surface area contributed by atoms with Gasteiger partial charge in [0, 0.05) is 13.1 Å². The molecular weight excluding hydrogens is 259 g/mol. The lowest BCUT2D eigenvalue weighted by Gasteiger charge is -2.13. The van der Waals surface area contributed by atoms with E-state index in [-0.39, 0.29) is 25.6 Å². The van der Waals surface area contributed by atoms with Gasteiger partial charge < -0.3 is 15.4 Å². The number of alkyl carbamates (subject to hydrolysis) is 1. The predicted molar refractivity (Wildman–Crippen MR) is 68.6 cm³/mol.